The maximum Gasteiger partial charge on any atom is 0.323 e. The van der Waals surface area contributed by atoms with Crippen LogP contribution in [0.1, 0.15) is 5.82 Å². The van der Waals surface area contributed by atoms with Crippen LogP contribution in [0.5, 0.6) is 0 Å². The van der Waals surface area contributed by atoms with Crippen molar-refractivity contribution in [3.63, 3.8) is 0 Å². The number of nitrogens with zero attached hydrogens (tertiary/aromatic N) is 4. The number of urea groups is 1. The molecular formula is C20H17F3N6O. The molecule has 3 aromatic rings. The van der Waals surface area contributed by atoms with Gasteiger partial charge in [0.15, 0.2) is 11.6 Å². The van der Waals surface area contributed by atoms with E-state index in [1.54, 1.807) is 4.90 Å². The first-order chi connectivity index (χ1) is 14.4. The molecule has 0 atom stereocenters. The summed E-state index contributed by atoms with van der Waals surface area (Å²) in [5, 5.41) is 2.62. The number of amides is 2. The fraction of sp³-hybridized carbons (Fsp3) is 0.200. The number of nitrogen functional groups attached to an aromatic ring is 1. The van der Waals surface area contributed by atoms with Gasteiger partial charge in [-0.1, -0.05) is 0 Å². The Morgan fingerprint density at radius 1 is 1.10 bits per heavy atom. The number of anilines is 2. The van der Waals surface area contributed by atoms with Crippen molar-refractivity contribution in [2.24, 2.45) is 5.92 Å². The molecule has 3 N–H and O–H groups in total. The number of nitrogens with two attached hydrogens (primary N) is 1. The van der Waals surface area contributed by atoms with E-state index in [1.807, 2.05) is 0 Å². The van der Waals surface area contributed by atoms with Crippen molar-refractivity contribution in [3.05, 3.63) is 66.0 Å². The van der Waals surface area contributed by atoms with Crippen molar-refractivity contribution in [2.75, 3.05) is 24.1 Å². The molecule has 1 saturated heterocycles. The molecule has 1 aromatic carbocycles. The molecule has 10 heteroatoms. The third kappa shape index (κ3) is 4.17. The van der Waals surface area contributed by atoms with Crippen LogP contribution in [0.4, 0.5) is 29.5 Å². The molecule has 2 amide bonds. The molecule has 0 saturated carbocycles. The summed E-state index contributed by atoms with van der Waals surface area (Å²) in [6, 6.07) is 5.74. The van der Waals surface area contributed by atoms with E-state index in [-0.39, 0.29) is 28.7 Å². The first-order valence-corrected chi connectivity index (χ1v) is 9.13. The van der Waals surface area contributed by atoms with Crippen LogP contribution in [0.2, 0.25) is 0 Å². The van der Waals surface area contributed by atoms with E-state index < -0.39 is 23.5 Å². The van der Waals surface area contributed by atoms with Gasteiger partial charge in [-0.05, 0) is 24.3 Å². The molecule has 30 heavy (non-hydrogen) atoms. The number of hydrogen-bond donors (Lipinski definition) is 2. The van der Waals surface area contributed by atoms with E-state index >= 15 is 0 Å². The summed E-state index contributed by atoms with van der Waals surface area (Å²) in [4.78, 5) is 26.1. The minimum Gasteiger partial charge on any atom is -0.396 e. The normalized spacial score (nSPS) is 13.8. The highest BCUT2D eigenvalue weighted by molar-refractivity contribution is 5.92. The highest BCUT2D eigenvalue weighted by Crippen LogP contribution is 2.27. The van der Waals surface area contributed by atoms with Gasteiger partial charge in [-0.3, -0.25) is 5.32 Å². The Balaban J connectivity index is 1.39. The Morgan fingerprint density at radius 2 is 1.83 bits per heavy atom. The molecule has 154 valence electrons. The van der Waals surface area contributed by atoms with Gasteiger partial charge in [0.2, 0.25) is 0 Å². The topological polar surface area (TPSA) is 97.0 Å². The second kappa shape index (κ2) is 7.97. The van der Waals surface area contributed by atoms with Crippen molar-refractivity contribution in [2.45, 2.75) is 6.42 Å². The fourth-order valence-corrected chi connectivity index (χ4v) is 3.17. The summed E-state index contributed by atoms with van der Waals surface area (Å²) >= 11 is 0. The molecule has 0 spiro atoms. The van der Waals surface area contributed by atoms with Gasteiger partial charge in [0.25, 0.3) is 0 Å². The Labute approximate surface area is 169 Å². The lowest BCUT2D eigenvalue weighted by atomic mass is 9.96. The average molecular weight is 414 g/mol. The molecule has 1 aliphatic heterocycles. The quantitative estimate of drug-likeness (QED) is 0.683. The molecule has 3 heterocycles. The highest BCUT2D eigenvalue weighted by atomic mass is 19.1. The van der Waals surface area contributed by atoms with Gasteiger partial charge < -0.3 is 10.6 Å². The Hall–Kier alpha value is -3.69. The van der Waals surface area contributed by atoms with Gasteiger partial charge >= 0.3 is 6.03 Å². The minimum atomic E-state index is -0.766. The zero-order valence-electron chi connectivity index (χ0n) is 15.6. The molecule has 0 radical (unpaired) electrons. The molecule has 0 unspecified atom stereocenters. The third-order valence-corrected chi connectivity index (χ3v) is 4.75. The van der Waals surface area contributed by atoms with Gasteiger partial charge in [0.05, 0.1) is 23.8 Å². The highest BCUT2D eigenvalue weighted by Gasteiger charge is 2.31. The lowest BCUT2D eigenvalue weighted by molar-refractivity contribution is 0.129. The van der Waals surface area contributed by atoms with Crippen LogP contribution in [-0.2, 0) is 6.42 Å². The number of nitrogens with one attached hydrogen (secondary N) is 1. The molecular weight excluding hydrogens is 397 g/mol. The summed E-state index contributed by atoms with van der Waals surface area (Å²) < 4.78 is 40.0. The van der Waals surface area contributed by atoms with Crippen LogP contribution >= 0.6 is 0 Å². The third-order valence-electron chi connectivity index (χ3n) is 4.75. The van der Waals surface area contributed by atoms with E-state index in [2.05, 4.69) is 20.3 Å². The number of benzene rings is 1. The maximum absolute atomic E-state index is 14.0. The number of aromatic nitrogens is 3. The first-order valence-electron chi connectivity index (χ1n) is 9.13. The van der Waals surface area contributed by atoms with E-state index in [1.165, 1.54) is 18.2 Å². The maximum atomic E-state index is 14.0. The number of hydrogen-bond acceptors (Lipinski definition) is 5. The lowest BCUT2D eigenvalue weighted by Gasteiger charge is -2.38. The number of halogens is 3. The Kier molecular flexibility index (Phi) is 5.21. The first kappa shape index (κ1) is 19.6. The van der Waals surface area contributed by atoms with Crippen LogP contribution in [-0.4, -0.2) is 39.0 Å². The van der Waals surface area contributed by atoms with Crippen LogP contribution in [0.3, 0.4) is 0 Å². The monoisotopic (exact) mass is 414 g/mol. The van der Waals surface area contributed by atoms with Crippen LogP contribution in [0.25, 0.3) is 11.3 Å². The van der Waals surface area contributed by atoms with Crippen molar-refractivity contribution in [1.29, 1.82) is 0 Å². The van der Waals surface area contributed by atoms with Crippen molar-refractivity contribution in [1.82, 2.24) is 19.9 Å². The minimum absolute atomic E-state index is 0.0894. The van der Waals surface area contributed by atoms with E-state index in [9.17, 15) is 18.0 Å². The van der Waals surface area contributed by atoms with E-state index in [4.69, 9.17) is 5.73 Å². The molecule has 0 aliphatic carbocycles. The number of likely N-dealkylation sites (tertiary alicyclic amines) is 1. The van der Waals surface area contributed by atoms with Crippen LogP contribution < -0.4 is 11.1 Å². The molecule has 7 nitrogen and oxygen atoms in total. The standard InChI is InChI=1S/C20H17F3N6O/c21-12-1-2-14(15(23)6-12)17-4-3-16(24)19(27-17)28-20(30)29-9-11(10-29)5-18-25-7-13(22)8-26-18/h1-4,6-8,11H,5,9-10,24H2,(H,27,28,30). The summed E-state index contributed by atoms with van der Waals surface area (Å²) in [7, 11) is 0. The van der Waals surface area contributed by atoms with E-state index in [0.717, 1.165) is 24.5 Å². The number of pyridine rings is 1. The lowest BCUT2D eigenvalue weighted by Crippen LogP contribution is -2.52. The second-order valence-electron chi connectivity index (χ2n) is 6.98. The molecule has 2 aromatic heterocycles. The van der Waals surface area contributed by atoms with Crippen LogP contribution in [0.15, 0.2) is 42.7 Å². The fourth-order valence-electron chi connectivity index (χ4n) is 3.17. The van der Waals surface area contributed by atoms with Gasteiger partial charge in [-0.25, -0.2) is 32.9 Å². The SMILES string of the molecule is Nc1ccc(-c2ccc(F)cc2F)nc1NC(=O)N1CC(Cc2ncc(F)cn2)C1. The summed E-state index contributed by atoms with van der Waals surface area (Å²) in [6.45, 7) is 0.942. The zero-order chi connectivity index (χ0) is 21.3. The summed E-state index contributed by atoms with van der Waals surface area (Å²) in [6.07, 6.45) is 2.75. The average Bonchev–Trinajstić information content (AvgIpc) is 2.67. The Morgan fingerprint density at radius 3 is 2.53 bits per heavy atom. The van der Waals surface area contributed by atoms with Crippen LogP contribution in [0, 0.1) is 23.4 Å². The van der Waals surface area contributed by atoms with Gasteiger partial charge in [0, 0.05) is 37.1 Å². The summed E-state index contributed by atoms with van der Waals surface area (Å²) in [5.41, 5.74) is 6.40. The second-order valence-corrected chi connectivity index (χ2v) is 6.98. The van der Waals surface area contributed by atoms with Crippen molar-refractivity contribution in [3.8, 4) is 11.3 Å². The van der Waals surface area contributed by atoms with Crippen molar-refractivity contribution < 1.29 is 18.0 Å². The van der Waals surface area contributed by atoms with Gasteiger partial charge in [-0.2, -0.15) is 0 Å². The van der Waals surface area contributed by atoms with Crippen molar-refractivity contribution >= 4 is 17.5 Å². The van der Waals surface area contributed by atoms with Gasteiger partial charge in [-0.15, -0.1) is 0 Å². The molecule has 1 aliphatic rings. The molecule has 0 bridgehead atoms. The number of rotatable bonds is 4. The number of carbonyl (C=O) groups excluding carboxylic acids is 1. The summed E-state index contributed by atoms with van der Waals surface area (Å²) in [5.74, 6) is -1.20. The zero-order valence-corrected chi connectivity index (χ0v) is 15.6. The largest absolute Gasteiger partial charge is 0.396 e. The van der Waals surface area contributed by atoms with E-state index in [0.29, 0.717) is 25.3 Å². The Bertz CT molecular complexity index is 1090. The number of carbonyl (C=O) groups is 1. The molecule has 4 rings (SSSR count). The smallest absolute Gasteiger partial charge is 0.323 e. The predicted molar refractivity (Wildman–Crippen MR) is 104 cm³/mol. The predicted octanol–water partition coefficient (Wildman–Crippen LogP) is 3.24. The van der Waals surface area contributed by atoms with Gasteiger partial charge in [0.1, 0.15) is 17.5 Å². The molecule has 1 fully saturated rings.